The second kappa shape index (κ2) is 7.86. The standard InChI is InChI=1S/C20H24N2O2/c23-19-11-9-18(10-12-19)21-13-15-22(16-14-21)20(24)8-4-7-17-5-2-1-3-6-17/h1-3,5-6,9-12,23H,4,7-8,13-16H2. The van der Waals surface area contributed by atoms with E-state index in [1.165, 1.54) is 5.56 Å². The number of amides is 1. The van der Waals surface area contributed by atoms with E-state index in [1.54, 1.807) is 12.1 Å². The number of phenols is 1. The SMILES string of the molecule is O=C(CCCc1ccccc1)N1CCN(c2ccc(O)cc2)CC1. The third-order valence-electron chi connectivity index (χ3n) is 4.55. The third kappa shape index (κ3) is 4.28. The smallest absolute Gasteiger partial charge is 0.222 e. The highest BCUT2D eigenvalue weighted by atomic mass is 16.3. The number of aromatic hydroxyl groups is 1. The number of benzene rings is 2. The van der Waals surface area contributed by atoms with Crippen LogP contribution in [0.5, 0.6) is 5.75 Å². The van der Waals surface area contributed by atoms with E-state index < -0.39 is 0 Å². The highest BCUT2D eigenvalue weighted by molar-refractivity contribution is 5.76. The van der Waals surface area contributed by atoms with E-state index in [0.29, 0.717) is 6.42 Å². The van der Waals surface area contributed by atoms with Crippen LogP contribution in [-0.2, 0) is 11.2 Å². The number of rotatable bonds is 5. The van der Waals surface area contributed by atoms with Crippen molar-refractivity contribution in [2.45, 2.75) is 19.3 Å². The fourth-order valence-electron chi connectivity index (χ4n) is 3.12. The van der Waals surface area contributed by atoms with Crippen LogP contribution in [0.3, 0.4) is 0 Å². The molecule has 0 unspecified atom stereocenters. The van der Waals surface area contributed by atoms with Crippen LogP contribution in [0, 0.1) is 0 Å². The Labute approximate surface area is 143 Å². The molecule has 2 aromatic carbocycles. The topological polar surface area (TPSA) is 43.8 Å². The predicted octanol–water partition coefficient (Wildman–Crippen LogP) is 3.06. The molecule has 0 saturated carbocycles. The van der Waals surface area contributed by atoms with E-state index in [9.17, 15) is 9.90 Å². The average Bonchev–Trinajstić information content (AvgIpc) is 2.63. The zero-order valence-corrected chi connectivity index (χ0v) is 13.9. The van der Waals surface area contributed by atoms with Gasteiger partial charge in [-0.3, -0.25) is 4.79 Å². The van der Waals surface area contributed by atoms with E-state index >= 15 is 0 Å². The molecule has 0 aliphatic carbocycles. The van der Waals surface area contributed by atoms with Crippen molar-refractivity contribution in [3.8, 4) is 5.75 Å². The summed E-state index contributed by atoms with van der Waals surface area (Å²) in [4.78, 5) is 16.6. The van der Waals surface area contributed by atoms with Gasteiger partial charge in [0.05, 0.1) is 0 Å². The highest BCUT2D eigenvalue weighted by Crippen LogP contribution is 2.20. The lowest BCUT2D eigenvalue weighted by atomic mass is 10.1. The molecular formula is C20H24N2O2. The van der Waals surface area contributed by atoms with Crippen molar-refractivity contribution in [3.63, 3.8) is 0 Å². The summed E-state index contributed by atoms with van der Waals surface area (Å²) in [6, 6.07) is 17.6. The van der Waals surface area contributed by atoms with Gasteiger partial charge in [-0.2, -0.15) is 0 Å². The van der Waals surface area contributed by atoms with Gasteiger partial charge in [0, 0.05) is 38.3 Å². The van der Waals surface area contributed by atoms with Crippen LogP contribution in [0.4, 0.5) is 5.69 Å². The molecule has 0 spiro atoms. The number of piperazine rings is 1. The average molecular weight is 324 g/mol. The van der Waals surface area contributed by atoms with Crippen molar-refractivity contribution in [2.24, 2.45) is 0 Å². The molecule has 126 valence electrons. The zero-order chi connectivity index (χ0) is 16.8. The number of carbonyl (C=O) groups is 1. The molecule has 1 heterocycles. The summed E-state index contributed by atoms with van der Waals surface area (Å²) in [5.74, 6) is 0.544. The minimum absolute atomic E-state index is 0.260. The zero-order valence-electron chi connectivity index (χ0n) is 13.9. The van der Waals surface area contributed by atoms with E-state index in [1.807, 2.05) is 35.2 Å². The van der Waals surface area contributed by atoms with Gasteiger partial charge in [-0.05, 0) is 42.7 Å². The van der Waals surface area contributed by atoms with Crippen LogP contribution in [0.25, 0.3) is 0 Å². The first-order valence-corrected chi connectivity index (χ1v) is 8.58. The van der Waals surface area contributed by atoms with Crippen LogP contribution in [-0.4, -0.2) is 42.1 Å². The Balaban J connectivity index is 1.42. The molecule has 24 heavy (non-hydrogen) atoms. The number of hydrogen-bond acceptors (Lipinski definition) is 3. The molecule has 4 nitrogen and oxygen atoms in total. The van der Waals surface area contributed by atoms with Crippen molar-refractivity contribution in [2.75, 3.05) is 31.1 Å². The molecule has 1 saturated heterocycles. The molecule has 1 aliphatic heterocycles. The van der Waals surface area contributed by atoms with Crippen molar-refractivity contribution < 1.29 is 9.90 Å². The first-order chi connectivity index (χ1) is 11.7. The molecule has 0 aromatic heterocycles. The van der Waals surface area contributed by atoms with Gasteiger partial charge in [0.15, 0.2) is 0 Å². The second-order valence-electron chi connectivity index (χ2n) is 6.22. The van der Waals surface area contributed by atoms with Gasteiger partial charge >= 0.3 is 0 Å². The summed E-state index contributed by atoms with van der Waals surface area (Å²) >= 11 is 0. The largest absolute Gasteiger partial charge is 0.508 e. The first-order valence-electron chi connectivity index (χ1n) is 8.58. The van der Waals surface area contributed by atoms with E-state index in [4.69, 9.17) is 0 Å². The lowest BCUT2D eigenvalue weighted by Gasteiger charge is -2.36. The lowest BCUT2D eigenvalue weighted by molar-refractivity contribution is -0.131. The van der Waals surface area contributed by atoms with Gasteiger partial charge in [0.2, 0.25) is 5.91 Å². The van der Waals surface area contributed by atoms with Crippen molar-refractivity contribution in [3.05, 3.63) is 60.2 Å². The molecule has 1 amide bonds. The van der Waals surface area contributed by atoms with Gasteiger partial charge < -0.3 is 14.9 Å². The van der Waals surface area contributed by atoms with E-state index in [0.717, 1.165) is 44.7 Å². The summed E-state index contributed by atoms with van der Waals surface area (Å²) < 4.78 is 0. The summed E-state index contributed by atoms with van der Waals surface area (Å²) in [7, 11) is 0. The molecular weight excluding hydrogens is 300 g/mol. The molecule has 0 bridgehead atoms. The molecule has 1 fully saturated rings. The number of nitrogens with zero attached hydrogens (tertiary/aromatic N) is 2. The van der Waals surface area contributed by atoms with Crippen LogP contribution < -0.4 is 4.90 Å². The molecule has 1 aliphatic rings. The Morgan fingerprint density at radius 2 is 1.58 bits per heavy atom. The van der Waals surface area contributed by atoms with Crippen LogP contribution in [0.15, 0.2) is 54.6 Å². The molecule has 1 N–H and O–H groups in total. The third-order valence-corrected chi connectivity index (χ3v) is 4.55. The monoisotopic (exact) mass is 324 g/mol. The van der Waals surface area contributed by atoms with Gasteiger partial charge in [0.1, 0.15) is 5.75 Å². The number of phenolic OH excluding ortho intramolecular Hbond substituents is 1. The van der Waals surface area contributed by atoms with Gasteiger partial charge in [-0.15, -0.1) is 0 Å². The summed E-state index contributed by atoms with van der Waals surface area (Å²) in [5, 5.41) is 9.36. The Kier molecular flexibility index (Phi) is 5.36. The van der Waals surface area contributed by atoms with Crippen LogP contribution in [0.1, 0.15) is 18.4 Å². The van der Waals surface area contributed by atoms with Gasteiger partial charge in [-0.1, -0.05) is 30.3 Å². The Morgan fingerprint density at radius 1 is 0.917 bits per heavy atom. The van der Waals surface area contributed by atoms with Crippen molar-refractivity contribution >= 4 is 11.6 Å². The van der Waals surface area contributed by atoms with Crippen molar-refractivity contribution in [1.82, 2.24) is 4.90 Å². The molecule has 3 rings (SSSR count). The predicted molar refractivity (Wildman–Crippen MR) is 96.3 cm³/mol. The Morgan fingerprint density at radius 3 is 2.25 bits per heavy atom. The summed E-state index contributed by atoms with van der Waals surface area (Å²) in [5.41, 5.74) is 2.39. The normalized spacial score (nSPS) is 14.7. The minimum atomic E-state index is 0.260. The molecule has 0 radical (unpaired) electrons. The Bertz CT molecular complexity index is 647. The molecule has 0 atom stereocenters. The molecule has 4 heteroatoms. The minimum Gasteiger partial charge on any atom is -0.508 e. The number of anilines is 1. The van der Waals surface area contributed by atoms with Gasteiger partial charge in [0.25, 0.3) is 0 Å². The maximum Gasteiger partial charge on any atom is 0.222 e. The lowest BCUT2D eigenvalue weighted by Crippen LogP contribution is -2.48. The number of aryl methyl sites for hydroxylation is 1. The second-order valence-corrected chi connectivity index (χ2v) is 6.22. The quantitative estimate of drug-likeness (QED) is 0.919. The fraction of sp³-hybridized carbons (Fsp3) is 0.350. The highest BCUT2D eigenvalue weighted by Gasteiger charge is 2.20. The maximum absolute atomic E-state index is 12.4. The van der Waals surface area contributed by atoms with Gasteiger partial charge in [-0.25, -0.2) is 0 Å². The fourth-order valence-corrected chi connectivity index (χ4v) is 3.12. The van der Waals surface area contributed by atoms with E-state index in [2.05, 4.69) is 17.0 Å². The Hall–Kier alpha value is -2.49. The maximum atomic E-state index is 12.4. The van der Waals surface area contributed by atoms with Crippen molar-refractivity contribution in [1.29, 1.82) is 0 Å². The van der Waals surface area contributed by atoms with Crippen LogP contribution in [0.2, 0.25) is 0 Å². The summed E-state index contributed by atoms with van der Waals surface area (Å²) in [6.07, 6.45) is 2.48. The van der Waals surface area contributed by atoms with Crippen LogP contribution >= 0.6 is 0 Å². The molecule has 2 aromatic rings. The summed E-state index contributed by atoms with van der Waals surface area (Å²) in [6.45, 7) is 3.22. The first kappa shape index (κ1) is 16.4. The number of carbonyl (C=O) groups excluding carboxylic acids is 1. The number of hydrogen-bond donors (Lipinski definition) is 1. The van der Waals surface area contributed by atoms with E-state index in [-0.39, 0.29) is 11.7 Å².